The first-order valence-corrected chi connectivity index (χ1v) is 24.2. The first-order valence-electron chi connectivity index (χ1n) is 15.6. The molecule has 0 radical (unpaired) electrons. The van der Waals surface area contributed by atoms with Crippen LogP contribution in [0.3, 0.4) is 0 Å². The number of hydrogen-bond donors (Lipinski definition) is 0. The summed E-state index contributed by atoms with van der Waals surface area (Å²) >= 11 is 7.71. The molecule has 214 valence electrons. The van der Waals surface area contributed by atoms with Gasteiger partial charge in [-0.15, -0.1) is 0 Å². The molecule has 0 atom stereocenters. The summed E-state index contributed by atoms with van der Waals surface area (Å²) in [5.74, 6) is 0. The molecule has 0 N–H and O–H groups in total. The quantitative estimate of drug-likeness (QED) is 0.0787. The van der Waals surface area contributed by atoms with Crippen LogP contribution in [0.2, 0.25) is 38.3 Å². The molecular weight excluding hydrogens is 624 g/mol. The molecule has 4 heteroatoms. The van der Waals surface area contributed by atoms with Crippen molar-refractivity contribution in [2.75, 3.05) is 0 Å². The van der Waals surface area contributed by atoms with Gasteiger partial charge in [-0.05, 0) is 22.3 Å². The molecule has 2 aromatic carbocycles. The zero-order valence-electron chi connectivity index (χ0n) is 25.5. The van der Waals surface area contributed by atoms with Crippen molar-refractivity contribution in [1.29, 1.82) is 0 Å². The molecule has 0 nitrogen and oxygen atoms in total. The minimum atomic E-state index is -1.49. The molecule has 0 aliphatic rings. The van der Waals surface area contributed by atoms with Gasteiger partial charge in [-0.3, -0.25) is 0 Å². The van der Waals surface area contributed by atoms with Gasteiger partial charge < -0.3 is 0 Å². The van der Waals surface area contributed by atoms with Crippen molar-refractivity contribution in [1.82, 2.24) is 0 Å². The summed E-state index contributed by atoms with van der Waals surface area (Å²) in [6, 6.07) is 17.6. The first kappa shape index (κ1) is 34.0. The van der Waals surface area contributed by atoms with Crippen molar-refractivity contribution in [3.05, 3.63) is 47.5 Å². The van der Waals surface area contributed by atoms with E-state index in [9.17, 15) is 0 Å². The summed E-state index contributed by atoms with van der Waals surface area (Å²) in [5, 5.41) is 5.13. The zero-order chi connectivity index (χ0) is 28.0. The van der Waals surface area contributed by atoms with Crippen molar-refractivity contribution < 1.29 is 0 Å². The number of rotatable bonds is 19. The third-order valence-corrected chi connectivity index (χ3v) is 16.9. The number of benzene rings is 2. The molecule has 0 aliphatic carbocycles. The van der Waals surface area contributed by atoms with E-state index in [-0.39, 0.29) is 0 Å². The second kappa shape index (κ2) is 17.6. The third kappa shape index (κ3) is 10.7. The van der Waals surface area contributed by atoms with Gasteiger partial charge in [0.2, 0.25) is 0 Å². The monoisotopic (exact) mass is 678 g/mol. The minimum Gasteiger partial charge on any atom is -0.0876 e. The minimum absolute atomic E-state index is 0.916. The van der Waals surface area contributed by atoms with Crippen LogP contribution in [0.4, 0.5) is 0 Å². The Morgan fingerprint density at radius 1 is 0.553 bits per heavy atom. The molecule has 0 saturated heterocycles. The van der Waals surface area contributed by atoms with Crippen LogP contribution in [0.25, 0.3) is 11.1 Å². The van der Waals surface area contributed by atoms with Gasteiger partial charge in [0.05, 0.1) is 16.1 Å². The average Bonchev–Trinajstić information content (AvgIpc) is 2.91. The Bertz CT molecular complexity index is 934. The Labute approximate surface area is 255 Å². The Hall–Kier alpha value is -0.166. The predicted octanol–water partition coefficient (Wildman–Crippen LogP) is 11.7. The largest absolute Gasteiger partial charge is 0.0876 e. The fourth-order valence-electron chi connectivity index (χ4n) is 5.88. The smallest absolute Gasteiger partial charge is 0.0810 e. The van der Waals surface area contributed by atoms with E-state index in [1.807, 2.05) is 0 Å². The van der Waals surface area contributed by atoms with E-state index in [4.69, 9.17) is 0 Å². The second-order valence-electron chi connectivity index (χ2n) is 12.8. The molecule has 0 heterocycles. The molecule has 0 aromatic heterocycles. The van der Waals surface area contributed by atoms with Crippen molar-refractivity contribution >= 4 is 58.4 Å². The molecule has 0 aliphatic heterocycles. The highest BCUT2D eigenvalue weighted by molar-refractivity contribution is 9.08. The molecular formula is C34H56Br2Si2. The van der Waals surface area contributed by atoms with E-state index in [1.54, 1.807) is 10.4 Å². The van der Waals surface area contributed by atoms with Gasteiger partial charge in [-0.25, -0.2) is 0 Å². The van der Waals surface area contributed by atoms with Gasteiger partial charge >= 0.3 is 0 Å². The van der Waals surface area contributed by atoms with Crippen LogP contribution < -0.4 is 10.4 Å². The van der Waals surface area contributed by atoms with Crippen molar-refractivity contribution in [2.45, 2.75) is 140 Å². The summed E-state index contributed by atoms with van der Waals surface area (Å²) < 4.78 is 0. The molecule has 0 unspecified atom stereocenters. The summed E-state index contributed by atoms with van der Waals surface area (Å²) in [7, 11) is -2.87. The number of hydrogen-bond acceptors (Lipinski definition) is 0. The van der Waals surface area contributed by atoms with Crippen molar-refractivity contribution in [3.8, 4) is 11.1 Å². The Kier molecular flexibility index (Phi) is 15.8. The Balaban J connectivity index is 2.15. The fourth-order valence-corrected chi connectivity index (χ4v) is 12.6. The van der Waals surface area contributed by atoms with Crippen LogP contribution in [0.1, 0.15) is 102 Å². The van der Waals surface area contributed by atoms with Crippen LogP contribution in [0.5, 0.6) is 0 Å². The van der Waals surface area contributed by atoms with Crippen molar-refractivity contribution in [3.63, 3.8) is 0 Å². The van der Waals surface area contributed by atoms with E-state index in [0.29, 0.717) is 0 Å². The number of halogens is 2. The van der Waals surface area contributed by atoms with Crippen LogP contribution in [-0.4, -0.2) is 16.1 Å². The van der Waals surface area contributed by atoms with Crippen LogP contribution in [0, 0.1) is 0 Å². The predicted molar refractivity (Wildman–Crippen MR) is 188 cm³/mol. The lowest BCUT2D eigenvalue weighted by atomic mass is 9.98. The third-order valence-electron chi connectivity index (χ3n) is 8.63. The van der Waals surface area contributed by atoms with E-state index < -0.39 is 16.1 Å². The van der Waals surface area contributed by atoms with E-state index >= 15 is 0 Å². The maximum absolute atomic E-state index is 3.86. The lowest BCUT2D eigenvalue weighted by molar-refractivity contribution is 0.623. The molecule has 0 bridgehead atoms. The molecule has 0 fully saturated rings. The van der Waals surface area contributed by atoms with Crippen LogP contribution in [0.15, 0.2) is 36.4 Å². The molecule has 38 heavy (non-hydrogen) atoms. The molecule has 0 saturated carbocycles. The maximum Gasteiger partial charge on any atom is 0.0810 e. The van der Waals surface area contributed by atoms with E-state index in [0.717, 1.165) is 10.7 Å². The van der Waals surface area contributed by atoms with Gasteiger partial charge in [0.25, 0.3) is 0 Å². The normalized spacial score (nSPS) is 12.3. The highest BCUT2D eigenvalue weighted by Crippen LogP contribution is 2.30. The number of alkyl halides is 2. The fraction of sp³-hybridized carbons (Fsp3) is 0.647. The Morgan fingerprint density at radius 2 is 1.03 bits per heavy atom. The van der Waals surface area contributed by atoms with Gasteiger partial charge in [0, 0.05) is 10.7 Å². The molecule has 0 spiro atoms. The zero-order valence-corrected chi connectivity index (χ0v) is 30.7. The lowest BCUT2D eigenvalue weighted by Gasteiger charge is -2.28. The average molecular weight is 681 g/mol. The van der Waals surface area contributed by atoms with Crippen LogP contribution >= 0.6 is 31.9 Å². The molecule has 0 amide bonds. The summed E-state index contributed by atoms with van der Waals surface area (Å²) in [4.78, 5) is 0. The SMILES string of the molecule is CCCCCCCC[Si](C)(C)c1ccc(-c2cc(CBr)c([Si](C)(C)CCCCCCCC)cc2CBr)cc1. The number of unbranched alkanes of at least 4 members (excludes halogenated alkanes) is 10. The highest BCUT2D eigenvalue weighted by atomic mass is 79.9. The second-order valence-corrected chi connectivity index (χ2v) is 23.6. The maximum atomic E-state index is 3.86. The first-order chi connectivity index (χ1) is 18.2. The molecule has 2 aromatic rings. The topological polar surface area (TPSA) is 0 Å². The standard InChI is InChI=1S/C34H56Br2Si2/c1-7-9-11-13-15-17-23-37(3,4)32-21-19-29(20-22-32)33-25-31(28-36)34(26-30(33)27-35)38(5,6)24-18-16-14-12-10-8-2/h19-22,25-26H,7-18,23-24,27-28H2,1-6H3. The van der Waals surface area contributed by atoms with Gasteiger partial charge in [0.1, 0.15) is 0 Å². The van der Waals surface area contributed by atoms with Gasteiger partial charge in [-0.2, -0.15) is 0 Å². The van der Waals surface area contributed by atoms with Gasteiger partial charge in [0.15, 0.2) is 0 Å². The van der Waals surface area contributed by atoms with E-state index in [1.165, 1.54) is 111 Å². The highest BCUT2D eigenvalue weighted by Gasteiger charge is 2.27. The van der Waals surface area contributed by atoms with E-state index in [2.05, 4.69) is 108 Å². The van der Waals surface area contributed by atoms with Crippen molar-refractivity contribution in [2.24, 2.45) is 0 Å². The molecule has 2 rings (SSSR count). The Morgan fingerprint density at radius 3 is 1.53 bits per heavy atom. The van der Waals surface area contributed by atoms with Gasteiger partial charge in [-0.1, -0.05) is 208 Å². The lowest BCUT2D eigenvalue weighted by Crippen LogP contribution is -2.43. The summed E-state index contributed by atoms with van der Waals surface area (Å²) in [5.41, 5.74) is 5.74. The van der Waals surface area contributed by atoms with Crippen LogP contribution in [-0.2, 0) is 10.7 Å². The summed E-state index contributed by atoms with van der Waals surface area (Å²) in [6.07, 6.45) is 16.7. The summed E-state index contributed by atoms with van der Waals surface area (Å²) in [6.45, 7) is 14.9.